The Morgan fingerprint density at radius 2 is 2.12 bits per heavy atom. The van der Waals surface area contributed by atoms with E-state index in [1.165, 1.54) is 5.56 Å². The van der Waals surface area contributed by atoms with Gasteiger partial charge in [-0.05, 0) is 30.7 Å². The molecule has 0 amide bonds. The van der Waals surface area contributed by atoms with Crippen molar-refractivity contribution in [3.05, 3.63) is 42.5 Å². The van der Waals surface area contributed by atoms with E-state index in [1.807, 2.05) is 12.1 Å². The van der Waals surface area contributed by atoms with Gasteiger partial charge >= 0.3 is 0 Å². The molecule has 17 heavy (non-hydrogen) atoms. The molecule has 0 aromatic heterocycles. The van der Waals surface area contributed by atoms with E-state index in [2.05, 4.69) is 31.0 Å². The van der Waals surface area contributed by atoms with Gasteiger partial charge in [0, 0.05) is 5.56 Å². The molecule has 1 atom stereocenters. The number of rotatable bonds is 8. The first-order valence-electron chi connectivity index (χ1n) is 6.07. The van der Waals surface area contributed by atoms with Crippen LogP contribution >= 0.6 is 0 Å². The zero-order chi connectivity index (χ0) is 12.5. The van der Waals surface area contributed by atoms with Gasteiger partial charge in [0.05, 0.1) is 6.61 Å². The smallest absolute Gasteiger partial charge is 0.119 e. The molecule has 0 bridgehead atoms. The van der Waals surface area contributed by atoms with Crippen molar-refractivity contribution < 1.29 is 15.2 Å². The first kappa shape index (κ1) is 13.7. The van der Waals surface area contributed by atoms with Gasteiger partial charge in [-0.2, -0.15) is 0 Å². The third-order valence-corrected chi connectivity index (χ3v) is 2.74. The lowest BCUT2D eigenvalue weighted by Crippen LogP contribution is -2.89. The van der Waals surface area contributed by atoms with E-state index in [0.717, 1.165) is 18.7 Å². The average molecular weight is 236 g/mol. The quantitative estimate of drug-likeness (QED) is 0.664. The van der Waals surface area contributed by atoms with Crippen molar-refractivity contribution in [1.29, 1.82) is 0 Å². The summed E-state index contributed by atoms with van der Waals surface area (Å²) in [7, 11) is 0. The molecule has 94 valence electrons. The monoisotopic (exact) mass is 236 g/mol. The normalized spacial score (nSPS) is 12.1. The van der Waals surface area contributed by atoms with Crippen LogP contribution in [0, 0.1) is 0 Å². The van der Waals surface area contributed by atoms with Crippen LogP contribution in [0.15, 0.2) is 36.9 Å². The second-order valence-electron chi connectivity index (χ2n) is 4.03. The van der Waals surface area contributed by atoms with E-state index in [4.69, 9.17) is 9.84 Å². The maximum Gasteiger partial charge on any atom is 0.119 e. The topological polar surface area (TPSA) is 46.1 Å². The SMILES string of the molecule is C=CCOc1ccc(C[NH2+][C@H](CC)CO)cc1. The number of nitrogens with two attached hydrogens (primary N) is 1. The Hall–Kier alpha value is -1.32. The predicted octanol–water partition coefficient (Wildman–Crippen LogP) is 1.09. The second-order valence-corrected chi connectivity index (χ2v) is 4.03. The van der Waals surface area contributed by atoms with Crippen molar-refractivity contribution in [2.45, 2.75) is 25.9 Å². The van der Waals surface area contributed by atoms with Crippen molar-refractivity contribution in [1.82, 2.24) is 0 Å². The van der Waals surface area contributed by atoms with E-state index in [1.54, 1.807) is 6.08 Å². The molecular formula is C14H22NO2+. The lowest BCUT2D eigenvalue weighted by Gasteiger charge is -2.10. The van der Waals surface area contributed by atoms with Crippen molar-refractivity contribution in [2.24, 2.45) is 0 Å². The fourth-order valence-corrected chi connectivity index (χ4v) is 1.55. The van der Waals surface area contributed by atoms with Crippen LogP contribution in [0.1, 0.15) is 18.9 Å². The fourth-order valence-electron chi connectivity index (χ4n) is 1.55. The summed E-state index contributed by atoms with van der Waals surface area (Å²) in [5.41, 5.74) is 1.24. The maximum atomic E-state index is 9.08. The van der Waals surface area contributed by atoms with Gasteiger partial charge in [0.25, 0.3) is 0 Å². The fraction of sp³-hybridized carbons (Fsp3) is 0.429. The molecule has 0 radical (unpaired) electrons. The van der Waals surface area contributed by atoms with Crippen molar-refractivity contribution >= 4 is 0 Å². The number of benzene rings is 1. The number of aliphatic hydroxyl groups excluding tert-OH is 1. The van der Waals surface area contributed by atoms with E-state index < -0.39 is 0 Å². The second kappa shape index (κ2) is 7.87. The molecule has 1 aromatic rings. The maximum absolute atomic E-state index is 9.08. The Kier molecular flexibility index (Phi) is 6.37. The van der Waals surface area contributed by atoms with Crippen LogP contribution in [0.5, 0.6) is 5.75 Å². The first-order chi connectivity index (χ1) is 8.30. The molecule has 0 saturated heterocycles. The van der Waals surface area contributed by atoms with E-state index in [9.17, 15) is 0 Å². The van der Waals surface area contributed by atoms with Crippen molar-refractivity contribution in [2.75, 3.05) is 13.2 Å². The number of hydrogen-bond acceptors (Lipinski definition) is 2. The lowest BCUT2D eigenvalue weighted by atomic mass is 10.2. The summed E-state index contributed by atoms with van der Waals surface area (Å²) in [6.07, 6.45) is 2.71. The molecule has 1 aromatic carbocycles. The molecule has 0 aliphatic heterocycles. The Bertz CT molecular complexity index is 317. The predicted molar refractivity (Wildman–Crippen MR) is 68.9 cm³/mol. The average Bonchev–Trinajstić information content (AvgIpc) is 2.39. The van der Waals surface area contributed by atoms with Crippen LogP contribution < -0.4 is 10.1 Å². The van der Waals surface area contributed by atoms with Gasteiger partial charge in [0.1, 0.15) is 24.9 Å². The molecule has 3 nitrogen and oxygen atoms in total. The van der Waals surface area contributed by atoms with Crippen LogP contribution in [-0.2, 0) is 6.54 Å². The molecule has 0 saturated carbocycles. The summed E-state index contributed by atoms with van der Waals surface area (Å²) in [6.45, 7) is 7.35. The molecule has 0 spiro atoms. The largest absolute Gasteiger partial charge is 0.490 e. The Balaban J connectivity index is 2.42. The standard InChI is InChI=1S/C14H21NO2/c1-3-9-17-14-7-5-12(6-8-14)10-15-13(4-2)11-16/h3,5-8,13,15-16H,1,4,9-11H2,2H3/p+1/t13-/m1/s1. The third-order valence-electron chi connectivity index (χ3n) is 2.74. The molecule has 0 unspecified atom stereocenters. The summed E-state index contributed by atoms with van der Waals surface area (Å²) >= 11 is 0. The highest BCUT2D eigenvalue weighted by molar-refractivity contribution is 5.26. The molecule has 1 rings (SSSR count). The molecular weight excluding hydrogens is 214 g/mol. The Morgan fingerprint density at radius 1 is 1.41 bits per heavy atom. The van der Waals surface area contributed by atoms with E-state index in [0.29, 0.717) is 12.6 Å². The van der Waals surface area contributed by atoms with Crippen LogP contribution in [0.4, 0.5) is 0 Å². The van der Waals surface area contributed by atoms with Gasteiger partial charge in [0.2, 0.25) is 0 Å². The minimum absolute atomic E-state index is 0.233. The van der Waals surface area contributed by atoms with Gasteiger partial charge in [0.15, 0.2) is 0 Å². The minimum atomic E-state index is 0.233. The van der Waals surface area contributed by atoms with E-state index in [-0.39, 0.29) is 6.61 Å². The number of hydrogen-bond donors (Lipinski definition) is 2. The van der Waals surface area contributed by atoms with Crippen molar-refractivity contribution in [3.8, 4) is 5.75 Å². The van der Waals surface area contributed by atoms with Crippen LogP contribution in [0.25, 0.3) is 0 Å². The summed E-state index contributed by atoms with van der Waals surface area (Å²) in [4.78, 5) is 0. The molecule has 0 aliphatic carbocycles. The molecule has 0 heterocycles. The molecule has 0 fully saturated rings. The molecule has 3 heteroatoms. The number of ether oxygens (including phenoxy) is 1. The summed E-state index contributed by atoms with van der Waals surface area (Å²) in [5.74, 6) is 0.864. The van der Waals surface area contributed by atoms with Gasteiger partial charge < -0.3 is 15.2 Å². The van der Waals surface area contributed by atoms with Crippen LogP contribution in [-0.4, -0.2) is 24.4 Å². The van der Waals surface area contributed by atoms with Gasteiger partial charge in [-0.1, -0.05) is 19.6 Å². The van der Waals surface area contributed by atoms with Crippen LogP contribution in [0.2, 0.25) is 0 Å². The number of aliphatic hydroxyl groups is 1. The van der Waals surface area contributed by atoms with Gasteiger partial charge in [-0.25, -0.2) is 0 Å². The summed E-state index contributed by atoms with van der Waals surface area (Å²) in [6, 6.07) is 8.34. The highest BCUT2D eigenvalue weighted by Crippen LogP contribution is 2.11. The molecule has 0 aliphatic rings. The zero-order valence-electron chi connectivity index (χ0n) is 10.4. The highest BCUT2D eigenvalue weighted by Gasteiger charge is 2.07. The third kappa shape index (κ3) is 5.02. The van der Waals surface area contributed by atoms with Gasteiger partial charge in [-0.3, -0.25) is 0 Å². The zero-order valence-corrected chi connectivity index (χ0v) is 10.4. The Morgan fingerprint density at radius 3 is 2.65 bits per heavy atom. The molecule has 3 N–H and O–H groups in total. The Labute approximate surface area is 103 Å². The lowest BCUT2D eigenvalue weighted by molar-refractivity contribution is -0.706. The highest BCUT2D eigenvalue weighted by atomic mass is 16.5. The number of quaternary nitrogens is 1. The summed E-state index contributed by atoms with van der Waals surface area (Å²) < 4.78 is 5.41. The van der Waals surface area contributed by atoms with Gasteiger partial charge in [-0.15, -0.1) is 0 Å². The summed E-state index contributed by atoms with van der Waals surface area (Å²) in [5, 5.41) is 11.3. The van der Waals surface area contributed by atoms with Crippen molar-refractivity contribution in [3.63, 3.8) is 0 Å². The van der Waals surface area contributed by atoms with E-state index >= 15 is 0 Å². The van der Waals surface area contributed by atoms with Crippen LogP contribution in [0.3, 0.4) is 0 Å². The minimum Gasteiger partial charge on any atom is -0.490 e. The first-order valence-corrected chi connectivity index (χ1v) is 6.07.